The van der Waals surface area contributed by atoms with Crippen LogP contribution in [-0.2, 0) is 0 Å². The Morgan fingerprint density at radius 1 is 1.36 bits per heavy atom. The van der Waals surface area contributed by atoms with E-state index in [1.807, 2.05) is 6.92 Å². The number of carbonyl (C=O) groups excluding carboxylic acids is 1. The van der Waals surface area contributed by atoms with Gasteiger partial charge in [0.1, 0.15) is 0 Å². The van der Waals surface area contributed by atoms with Crippen LogP contribution < -0.4 is 10.2 Å². The van der Waals surface area contributed by atoms with Gasteiger partial charge in [0, 0.05) is 0 Å². The second kappa shape index (κ2) is 7.47. The van der Waals surface area contributed by atoms with Crippen molar-refractivity contribution in [2.24, 2.45) is 5.10 Å². The van der Waals surface area contributed by atoms with E-state index in [9.17, 15) is 9.90 Å². The smallest absolute Gasteiger partial charge is 0.272 e. The Morgan fingerprint density at radius 2 is 2.14 bits per heavy atom. The van der Waals surface area contributed by atoms with Crippen molar-refractivity contribution in [1.82, 2.24) is 5.43 Å². The molecule has 114 valence electrons. The molecule has 0 saturated carbocycles. The Kier molecular flexibility index (Phi) is 5.38. The van der Waals surface area contributed by atoms with E-state index in [4.69, 9.17) is 16.3 Å². The third kappa shape index (κ3) is 3.99. The molecule has 0 aliphatic rings. The molecule has 0 saturated heterocycles. The molecule has 6 heteroatoms. The monoisotopic (exact) mass is 318 g/mol. The lowest BCUT2D eigenvalue weighted by molar-refractivity contribution is 0.0955. The maximum atomic E-state index is 11.9. The summed E-state index contributed by atoms with van der Waals surface area (Å²) < 4.78 is 5.27. The Balaban J connectivity index is 2.05. The number of nitrogens with one attached hydrogen (secondary N) is 1. The Morgan fingerprint density at radius 3 is 2.86 bits per heavy atom. The molecule has 22 heavy (non-hydrogen) atoms. The fraction of sp³-hybridized carbons (Fsp3) is 0.125. The van der Waals surface area contributed by atoms with Gasteiger partial charge in [-0.3, -0.25) is 4.79 Å². The number of amides is 1. The normalized spacial score (nSPS) is 10.6. The molecule has 0 aliphatic carbocycles. The van der Waals surface area contributed by atoms with Gasteiger partial charge in [-0.25, -0.2) is 5.43 Å². The zero-order chi connectivity index (χ0) is 15.9. The number of hydrazone groups is 1. The van der Waals surface area contributed by atoms with Gasteiger partial charge in [0.05, 0.1) is 23.4 Å². The lowest BCUT2D eigenvalue weighted by Gasteiger charge is -2.06. The molecule has 0 radical (unpaired) electrons. The first-order chi connectivity index (χ1) is 10.6. The molecule has 2 N–H and O–H groups in total. The van der Waals surface area contributed by atoms with Crippen LogP contribution in [-0.4, -0.2) is 23.8 Å². The molecular formula is C16H15ClN2O3. The van der Waals surface area contributed by atoms with Crippen molar-refractivity contribution in [3.63, 3.8) is 0 Å². The Labute approximate surface area is 133 Å². The minimum atomic E-state index is -0.398. The van der Waals surface area contributed by atoms with Gasteiger partial charge in [0.25, 0.3) is 5.91 Å². The quantitative estimate of drug-likeness (QED) is 0.657. The highest BCUT2D eigenvalue weighted by Crippen LogP contribution is 2.26. The number of hydrogen-bond acceptors (Lipinski definition) is 4. The molecule has 0 atom stereocenters. The van der Waals surface area contributed by atoms with Gasteiger partial charge in [-0.2, -0.15) is 5.10 Å². The zero-order valence-electron chi connectivity index (χ0n) is 11.9. The van der Waals surface area contributed by atoms with E-state index < -0.39 is 5.91 Å². The molecule has 0 heterocycles. The highest BCUT2D eigenvalue weighted by Gasteiger charge is 2.08. The minimum absolute atomic E-state index is 0.0547. The van der Waals surface area contributed by atoms with E-state index in [-0.39, 0.29) is 5.75 Å². The number of nitrogens with zero attached hydrogens (tertiary/aromatic N) is 1. The predicted octanol–water partition coefficient (Wildman–Crippen LogP) is 3.21. The largest absolute Gasteiger partial charge is 0.504 e. The Hall–Kier alpha value is -2.53. The van der Waals surface area contributed by atoms with E-state index in [2.05, 4.69) is 10.5 Å². The van der Waals surface area contributed by atoms with Crippen molar-refractivity contribution in [2.75, 3.05) is 6.61 Å². The number of phenolic OH excluding ortho intramolecular Hbond substituents is 1. The van der Waals surface area contributed by atoms with Crippen LogP contribution in [0.15, 0.2) is 47.6 Å². The van der Waals surface area contributed by atoms with Crippen LogP contribution in [0, 0.1) is 0 Å². The fourth-order valence-corrected chi connectivity index (χ4v) is 1.97. The number of ether oxygens (including phenoxy) is 1. The van der Waals surface area contributed by atoms with Crippen molar-refractivity contribution in [3.05, 3.63) is 58.6 Å². The first-order valence-corrected chi connectivity index (χ1v) is 7.03. The number of benzene rings is 2. The molecule has 1 amide bonds. The Bertz CT molecular complexity index is 702. The molecule has 0 fully saturated rings. The summed E-state index contributed by atoms with van der Waals surface area (Å²) in [6.07, 6.45) is 1.46. The molecule has 0 aliphatic heterocycles. The van der Waals surface area contributed by atoms with Gasteiger partial charge >= 0.3 is 0 Å². The predicted molar refractivity (Wildman–Crippen MR) is 85.8 cm³/mol. The molecule has 0 aromatic heterocycles. The minimum Gasteiger partial charge on any atom is -0.504 e. The first kappa shape index (κ1) is 15.9. The average molecular weight is 319 g/mol. The summed E-state index contributed by atoms with van der Waals surface area (Å²) >= 11 is 5.93. The summed E-state index contributed by atoms with van der Waals surface area (Å²) in [7, 11) is 0. The van der Waals surface area contributed by atoms with Crippen molar-refractivity contribution >= 4 is 23.7 Å². The van der Waals surface area contributed by atoms with Crippen LogP contribution >= 0.6 is 11.6 Å². The third-order valence-corrected chi connectivity index (χ3v) is 3.11. The summed E-state index contributed by atoms with van der Waals surface area (Å²) in [4.78, 5) is 11.9. The number of rotatable bonds is 5. The average Bonchev–Trinajstić information content (AvgIpc) is 2.51. The number of aromatic hydroxyl groups is 1. The summed E-state index contributed by atoms with van der Waals surface area (Å²) in [5.74, 6) is 0.0219. The maximum absolute atomic E-state index is 11.9. The molecule has 2 aromatic rings. The van der Waals surface area contributed by atoms with Crippen molar-refractivity contribution in [3.8, 4) is 11.5 Å². The van der Waals surface area contributed by atoms with Gasteiger partial charge in [0.15, 0.2) is 11.5 Å². The first-order valence-electron chi connectivity index (χ1n) is 6.65. The molecule has 5 nitrogen and oxygen atoms in total. The lowest BCUT2D eigenvalue weighted by Crippen LogP contribution is -2.17. The molecule has 0 unspecified atom stereocenters. The van der Waals surface area contributed by atoms with E-state index in [0.29, 0.717) is 28.5 Å². The van der Waals surface area contributed by atoms with E-state index >= 15 is 0 Å². The lowest BCUT2D eigenvalue weighted by atomic mass is 10.2. The number of carbonyl (C=O) groups is 1. The number of phenols is 1. The zero-order valence-corrected chi connectivity index (χ0v) is 12.7. The molecular weight excluding hydrogens is 304 g/mol. The summed E-state index contributed by atoms with van der Waals surface area (Å²) in [5.41, 5.74) is 3.43. The van der Waals surface area contributed by atoms with Crippen LogP contribution in [0.1, 0.15) is 22.8 Å². The topological polar surface area (TPSA) is 70.9 Å². The van der Waals surface area contributed by atoms with Gasteiger partial charge in [-0.15, -0.1) is 0 Å². The number of hydrogen-bond donors (Lipinski definition) is 2. The molecule has 2 rings (SSSR count). The van der Waals surface area contributed by atoms with Crippen LogP contribution in [0.4, 0.5) is 0 Å². The van der Waals surface area contributed by atoms with E-state index in [1.54, 1.807) is 36.4 Å². The van der Waals surface area contributed by atoms with Gasteiger partial charge in [0.2, 0.25) is 0 Å². The molecule has 0 spiro atoms. The van der Waals surface area contributed by atoms with Crippen molar-refractivity contribution in [2.45, 2.75) is 6.92 Å². The summed E-state index contributed by atoms with van der Waals surface area (Å²) in [6, 6.07) is 11.5. The van der Waals surface area contributed by atoms with Gasteiger partial charge in [-0.05, 0) is 42.8 Å². The molecule has 0 bridgehead atoms. The second-order valence-corrected chi connectivity index (χ2v) is 4.75. The highest BCUT2D eigenvalue weighted by atomic mass is 35.5. The van der Waals surface area contributed by atoms with E-state index in [1.165, 1.54) is 12.3 Å². The third-order valence-electron chi connectivity index (χ3n) is 2.78. The summed E-state index contributed by atoms with van der Waals surface area (Å²) in [5, 5.41) is 13.8. The SMILES string of the molecule is CCOc1cc(/C=N/NC(=O)c2ccccc2Cl)ccc1O. The second-order valence-electron chi connectivity index (χ2n) is 4.34. The van der Waals surface area contributed by atoms with Crippen LogP contribution in [0.2, 0.25) is 5.02 Å². The standard InChI is InChI=1S/C16H15ClN2O3/c1-2-22-15-9-11(7-8-14(15)20)10-18-19-16(21)12-5-3-4-6-13(12)17/h3-10,20H,2H2,1H3,(H,19,21)/b18-10+. The fourth-order valence-electron chi connectivity index (χ4n) is 1.75. The van der Waals surface area contributed by atoms with Crippen molar-refractivity contribution < 1.29 is 14.6 Å². The maximum Gasteiger partial charge on any atom is 0.272 e. The van der Waals surface area contributed by atoms with Crippen LogP contribution in [0.25, 0.3) is 0 Å². The highest BCUT2D eigenvalue weighted by molar-refractivity contribution is 6.33. The van der Waals surface area contributed by atoms with Crippen LogP contribution in [0.3, 0.4) is 0 Å². The molecule has 2 aromatic carbocycles. The number of halogens is 1. The van der Waals surface area contributed by atoms with Gasteiger partial charge in [-0.1, -0.05) is 23.7 Å². The summed E-state index contributed by atoms with van der Waals surface area (Å²) in [6.45, 7) is 2.27. The van der Waals surface area contributed by atoms with Gasteiger partial charge < -0.3 is 9.84 Å². The van der Waals surface area contributed by atoms with E-state index in [0.717, 1.165) is 0 Å². The van der Waals surface area contributed by atoms with Crippen molar-refractivity contribution in [1.29, 1.82) is 0 Å². The van der Waals surface area contributed by atoms with Crippen LogP contribution in [0.5, 0.6) is 11.5 Å².